The van der Waals surface area contributed by atoms with Crippen molar-refractivity contribution in [3.8, 4) is 5.75 Å². The molecule has 0 spiro atoms. The van der Waals surface area contributed by atoms with Gasteiger partial charge < -0.3 is 4.74 Å². The van der Waals surface area contributed by atoms with Crippen LogP contribution < -0.4 is 4.74 Å². The average Bonchev–Trinajstić information content (AvgIpc) is 2.37. The SMILES string of the molecule is COc1ccc(S(=O)(=O)N2CCSC(C)(C)C2)cc1Br. The standard InChI is InChI=1S/C13H18BrNO3S2/c1-13(2)9-15(6-7-19-13)20(16,17)10-4-5-12(18-3)11(14)8-10/h4-5,8H,6-7,9H2,1-3H3. The van der Waals surface area contributed by atoms with E-state index in [1.54, 1.807) is 29.6 Å². The number of thioether (sulfide) groups is 1. The van der Waals surface area contributed by atoms with Crippen LogP contribution >= 0.6 is 27.7 Å². The van der Waals surface area contributed by atoms with Crippen LogP contribution in [0.3, 0.4) is 0 Å². The van der Waals surface area contributed by atoms with Crippen molar-refractivity contribution in [3.05, 3.63) is 22.7 Å². The molecule has 0 aromatic heterocycles. The number of hydrogen-bond acceptors (Lipinski definition) is 4. The Balaban J connectivity index is 2.33. The number of benzene rings is 1. The van der Waals surface area contributed by atoms with Crippen LogP contribution in [-0.4, -0.2) is 43.4 Å². The topological polar surface area (TPSA) is 46.6 Å². The van der Waals surface area contributed by atoms with Crippen molar-refractivity contribution in [1.82, 2.24) is 4.31 Å². The van der Waals surface area contributed by atoms with Crippen LogP contribution in [0, 0.1) is 0 Å². The van der Waals surface area contributed by atoms with Gasteiger partial charge in [-0.3, -0.25) is 0 Å². The first-order valence-electron chi connectivity index (χ1n) is 6.24. The summed E-state index contributed by atoms with van der Waals surface area (Å²) in [5, 5.41) is 0. The fourth-order valence-electron chi connectivity index (χ4n) is 2.13. The van der Waals surface area contributed by atoms with Gasteiger partial charge in [0.1, 0.15) is 5.75 Å². The van der Waals surface area contributed by atoms with Gasteiger partial charge in [-0.2, -0.15) is 16.1 Å². The molecule has 20 heavy (non-hydrogen) atoms. The van der Waals surface area contributed by atoms with Crippen molar-refractivity contribution in [2.75, 3.05) is 26.0 Å². The van der Waals surface area contributed by atoms with E-state index in [2.05, 4.69) is 29.8 Å². The Bertz CT molecular complexity index is 602. The zero-order valence-electron chi connectivity index (χ0n) is 11.7. The normalized spacial score (nSPS) is 19.8. The molecule has 7 heteroatoms. The number of rotatable bonds is 3. The molecule has 0 aliphatic carbocycles. The minimum absolute atomic E-state index is 0.0466. The van der Waals surface area contributed by atoms with Crippen molar-refractivity contribution in [1.29, 1.82) is 0 Å². The van der Waals surface area contributed by atoms with E-state index in [1.165, 1.54) is 0 Å². The van der Waals surface area contributed by atoms with E-state index in [0.29, 0.717) is 28.2 Å². The summed E-state index contributed by atoms with van der Waals surface area (Å²) >= 11 is 5.14. The van der Waals surface area contributed by atoms with Crippen LogP contribution in [0.15, 0.2) is 27.6 Å². The van der Waals surface area contributed by atoms with Gasteiger partial charge in [-0.15, -0.1) is 0 Å². The van der Waals surface area contributed by atoms with Gasteiger partial charge in [0.25, 0.3) is 0 Å². The summed E-state index contributed by atoms with van der Waals surface area (Å²) in [7, 11) is -1.89. The van der Waals surface area contributed by atoms with E-state index < -0.39 is 10.0 Å². The summed E-state index contributed by atoms with van der Waals surface area (Å²) in [5.41, 5.74) is 0. The van der Waals surface area contributed by atoms with E-state index in [0.717, 1.165) is 5.75 Å². The molecule has 1 saturated heterocycles. The maximum atomic E-state index is 12.7. The maximum Gasteiger partial charge on any atom is 0.243 e. The molecule has 4 nitrogen and oxygen atoms in total. The Morgan fingerprint density at radius 2 is 2.10 bits per heavy atom. The van der Waals surface area contributed by atoms with Crippen LogP contribution in [0.1, 0.15) is 13.8 Å². The van der Waals surface area contributed by atoms with Crippen LogP contribution in [0.2, 0.25) is 0 Å². The van der Waals surface area contributed by atoms with Crippen molar-refractivity contribution in [2.45, 2.75) is 23.5 Å². The predicted molar refractivity (Wildman–Crippen MR) is 86.0 cm³/mol. The first-order chi connectivity index (χ1) is 9.26. The summed E-state index contributed by atoms with van der Waals surface area (Å²) < 4.78 is 32.7. The number of nitrogens with zero attached hydrogens (tertiary/aromatic N) is 1. The molecule has 112 valence electrons. The number of sulfonamides is 1. The molecule has 0 unspecified atom stereocenters. The summed E-state index contributed by atoms with van der Waals surface area (Å²) in [6, 6.07) is 4.86. The summed E-state index contributed by atoms with van der Waals surface area (Å²) in [6.07, 6.45) is 0. The molecular formula is C13H18BrNO3S2. The molecule has 0 bridgehead atoms. The zero-order chi connectivity index (χ0) is 15.0. The Morgan fingerprint density at radius 3 is 2.65 bits per heavy atom. The van der Waals surface area contributed by atoms with Crippen LogP contribution in [0.5, 0.6) is 5.75 Å². The van der Waals surface area contributed by atoms with Crippen molar-refractivity contribution >= 4 is 37.7 Å². The molecule has 1 aliphatic heterocycles. The second-order valence-corrected chi connectivity index (χ2v) is 9.84. The van der Waals surface area contributed by atoms with Gasteiger partial charge in [-0.25, -0.2) is 8.42 Å². The van der Waals surface area contributed by atoms with E-state index in [1.807, 2.05) is 11.8 Å². The fraction of sp³-hybridized carbons (Fsp3) is 0.538. The van der Waals surface area contributed by atoms with E-state index in [-0.39, 0.29) is 4.75 Å². The number of ether oxygens (including phenoxy) is 1. The molecule has 0 N–H and O–H groups in total. The molecule has 1 aromatic rings. The summed E-state index contributed by atoms with van der Waals surface area (Å²) in [6.45, 7) is 5.23. The quantitative estimate of drug-likeness (QED) is 0.809. The van der Waals surface area contributed by atoms with Crippen LogP contribution in [0.4, 0.5) is 0 Å². The number of halogens is 1. The molecule has 0 atom stereocenters. The number of methoxy groups -OCH3 is 1. The number of hydrogen-bond donors (Lipinski definition) is 0. The van der Waals surface area contributed by atoms with Gasteiger partial charge in [-0.1, -0.05) is 0 Å². The minimum Gasteiger partial charge on any atom is -0.496 e. The van der Waals surface area contributed by atoms with Crippen LogP contribution in [0.25, 0.3) is 0 Å². The Hall–Kier alpha value is -0.240. The van der Waals surface area contributed by atoms with Gasteiger partial charge in [0.05, 0.1) is 16.5 Å². The highest BCUT2D eigenvalue weighted by molar-refractivity contribution is 9.10. The minimum atomic E-state index is -3.45. The molecule has 2 rings (SSSR count). The zero-order valence-corrected chi connectivity index (χ0v) is 14.9. The van der Waals surface area contributed by atoms with E-state index >= 15 is 0 Å². The third-order valence-electron chi connectivity index (χ3n) is 3.15. The predicted octanol–water partition coefficient (Wildman–Crippen LogP) is 2.97. The highest BCUT2D eigenvalue weighted by atomic mass is 79.9. The van der Waals surface area contributed by atoms with Gasteiger partial charge in [0, 0.05) is 23.6 Å². The largest absolute Gasteiger partial charge is 0.496 e. The lowest BCUT2D eigenvalue weighted by molar-refractivity contribution is 0.387. The second-order valence-electron chi connectivity index (χ2n) is 5.24. The molecule has 0 amide bonds. The molecule has 1 fully saturated rings. The van der Waals surface area contributed by atoms with E-state index in [4.69, 9.17) is 4.74 Å². The molecule has 0 saturated carbocycles. The average molecular weight is 380 g/mol. The van der Waals surface area contributed by atoms with Crippen LogP contribution in [-0.2, 0) is 10.0 Å². The molecule has 0 radical (unpaired) electrons. The lowest BCUT2D eigenvalue weighted by Crippen LogP contribution is -2.46. The Morgan fingerprint density at radius 1 is 1.40 bits per heavy atom. The van der Waals surface area contributed by atoms with E-state index in [9.17, 15) is 8.42 Å². The first-order valence-corrected chi connectivity index (χ1v) is 9.46. The highest BCUT2D eigenvalue weighted by Crippen LogP contribution is 2.34. The monoisotopic (exact) mass is 379 g/mol. The van der Waals surface area contributed by atoms with Gasteiger partial charge in [-0.05, 0) is 48.0 Å². The Labute approximate surface area is 133 Å². The third-order valence-corrected chi connectivity index (χ3v) is 6.91. The van der Waals surface area contributed by atoms with Crippen molar-refractivity contribution < 1.29 is 13.2 Å². The highest BCUT2D eigenvalue weighted by Gasteiger charge is 2.34. The van der Waals surface area contributed by atoms with Crippen molar-refractivity contribution in [3.63, 3.8) is 0 Å². The van der Waals surface area contributed by atoms with Gasteiger partial charge in [0.15, 0.2) is 0 Å². The fourth-order valence-corrected chi connectivity index (χ4v) is 5.77. The molecule has 1 aliphatic rings. The lowest BCUT2D eigenvalue weighted by Gasteiger charge is -2.36. The summed E-state index contributed by atoms with van der Waals surface area (Å²) in [4.78, 5) is 0.299. The smallest absolute Gasteiger partial charge is 0.243 e. The molecule has 1 aromatic carbocycles. The van der Waals surface area contributed by atoms with Gasteiger partial charge in [0.2, 0.25) is 10.0 Å². The van der Waals surface area contributed by atoms with Gasteiger partial charge >= 0.3 is 0 Å². The van der Waals surface area contributed by atoms with Crippen molar-refractivity contribution in [2.24, 2.45) is 0 Å². The second kappa shape index (κ2) is 5.87. The molecular weight excluding hydrogens is 362 g/mol. The molecule has 1 heterocycles. The first kappa shape index (κ1) is 16.1. The lowest BCUT2D eigenvalue weighted by atomic mass is 10.2. The maximum absolute atomic E-state index is 12.7. The third kappa shape index (κ3) is 3.32. The summed E-state index contributed by atoms with van der Waals surface area (Å²) in [5.74, 6) is 1.45. The Kier molecular flexibility index (Phi) is 4.73.